The minimum absolute atomic E-state index is 0.0142. The molecule has 2 atom stereocenters. The van der Waals surface area contributed by atoms with Crippen molar-refractivity contribution in [2.75, 3.05) is 26.2 Å². The lowest BCUT2D eigenvalue weighted by atomic mass is 9.56. The van der Waals surface area contributed by atoms with Gasteiger partial charge in [-0.2, -0.15) is 0 Å². The van der Waals surface area contributed by atoms with Gasteiger partial charge < -0.3 is 20.1 Å². The normalized spacial score (nSPS) is 30.2. The minimum Gasteiger partial charge on any atom is -0.387 e. The van der Waals surface area contributed by atoms with E-state index in [1.807, 2.05) is 20.8 Å². The molecular weight excluding hydrogens is 308 g/mol. The van der Waals surface area contributed by atoms with Crippen LogP contribution in [-0.2, 0) is 14.3 Å². The molecule has 0 bridgehead atoms. The Bertz CT molecular complexity index is 466. The lowest BCUT2D eigenvalue weighted by Crippen LogP contribution is -2.69. The molecule has 1 aliphatic heterocycles. The van der Waals surface area contributed by atoms with Gasteiger partial charge in [0.1, 0.15) is 0 Å². The molecule has 1 saturated heterocycles. The molecule has 0 radical (unpaired) electrons. The maximum atomic E-state index is 12.2. The van der Waals surface area contributed by atoms with E-state index in [1.54, 1.807) is 4.90 Å². The molecule has 2 fully saturated rings. The Balaban J connectivity index is 1.81. The van der Waals surface area contributed by atoms with Gasteiger partial charge in [-0.15, -0.1) is 0 Å². The summed E-state index contributed by atoms with van der Waals surface area (Å²) in [4.78, 5) is 25.9. The Hall–Kier alpha value is -1.14. The average molecular weight is 340 g/mol. The standard InChI is InChI=1S/C18H32N2O4/c1-4-24-14-11-18(23,17(14,2)3)13-19-15(21)12-20-10-8-6-5-7-9-16(20)22/h14,23H,4-13H2,1-3H3,(H,19,21)/t14-,18-/m0/s1. The highest BCUT2D eigenvalue weighted by atomic mass is 16.5. The zero-order valence-corrected chi connectivity index (χ0v) is 15.3. The summed E-state index contributed by atoms with van der Waals surface area (Å²) in [6, 6.07) is 0. The molecule has 138 valence electrons. The molecule has 0 aromatic carbocycles. The number of likely N-dealkylation sites (tertiary alicyclic amines) is 1. The molecule has 24 heavy (non-hydrogen) atoms. The van der Waals surface area contributed by atoms with Gasteiger partial charge in [0.2, 0.25) is 11.8 Å². The van der Waals surface area contributed by atoms with Crippen molar-refractivity contribution in [3.8, 4) is 0 Å². The van der Waals surface area contributed by atoms with Gasteiger partial charge in [0.05, 0.1) is 18.2 Å². The van der Waals surface area contributed by atoms with Crippen LogP contribution in [0.25, 0.3) is 0 Å². The van der Waals surface area contributed by atoms with Gasteiger partial charge in [-0.05, 0) is 19.8 Å². The number of amides is 2. The third-order valence-corrected chi connectivity index (χ3v) is 5.73. The highest BCUT2D eigenvalue weighted by Crippen LogP contribution is 2.50. The van der Waals surface area contributed by atoms with Crippen LogP contribution in [0.3, 0.4) is 0 Å². The van der Waals surface area contributed by atoms with Crippen molar-refractivity contribution in [1.29, 1.82) is 0 Å². The number of carbonyl (C=O) groups is 2. The largest absolute Gasteiger partial charge is 0.387 e. The Morgan fingerprint density at radius 2 is 2.04 bits per heavy atom. The van der Waals surface area contributed by atoms with Crippen LogP contribution in [0.5, 0.6) is 0 Å². The van der Waals surface area contributed by atoms with Gasteiger partial charge in [-0.3, -0.25) is 9.59 Å². The molecule has 0 unspecified atom stereocenters. The summed E-state index contributed by atoms with van der Waals surface area (Å²) in [7, 11) is 0. The summed E-state index contributed by atoms with van der Waals surface area (Å²) in [5, 5.41) is 13.6. The Morgan fingerprint density at radius 3 is 2.71 bits per heavy atom. The topological polar surface area (TPSA) is 78.9 Å². The number of hydrogen-bond donors (Lipinski definition) is 2. The fourth-order valence-electron chi connectivity index (χ4n) is 3.62. The smallest absolute Gasteiger partial charge is 0.239 e. The molecule has 6 heteroatoms. The van der Waals surface area contributed by atoms with E-state index in [0.717, 1.165) is 25.7 Å². The molecule has 1 heterocycles. The van der Waals surface area contributed by atoms with Crippen molar-refractivity contribution in [2.45, 2.75) is 71.0 Å². The molecule has 2 aliphatic rings. The van der Waals surface area contributed by atoms with E-state index in [0.29, 0.717) is 26.0 Å². The second kappa shape index (κ2) is 7.83. The van der Waals surface area contributed by atoms with Crippen molar-refractivity contribution in [3.05, 3.63) is 0 Å². The van der Waals surface area contributed by atoms with E-state index in [-0.39, 0.29) is 31.0 Å². The number of nitrogens with zero attached hydrogens (tertiary/aromatic N) is 1. The first kappa shape index (κ1) is 19.2. The predicted octanol–water partition coefficient (Wildman–Crippen LogP) is 1.46. The quantitative estimate of drug-likeness (QED) is 0.767. The molecule has 2 rings (SSSR count). The summed E-state index contributed by atoms with van der Waals surface area (Å²) in [6.45, 7) is 7.42. The third kappa shape index (κ3) is 4.09. The number of rotatable bonds is 6. The minimum atomic E-state index is -0.956. The Kier molecular flexibility index (Phi) is 6.26. The van der Waals surface area contributed by atoms with Crippen LogP contribution >= 0.6 is 0 Å². The third-order valence-electron chi connectivity index (χ3n) is 5.73. The molecule has 0 aromatic rings. The van der Waals surface area contributed by atoms with Crippen molar-refractivity contribution in [1.82, 2.24) is 10.2 Å². The van der Waals surface area contributed by atoms with Gasteiger partial charge >= 0.3 is 0 Å². The summed E-state index contributed by atoms with van der Waals surface area (Å²) in [5.41, 5.74) is -1.35. The van der Waals surface area contributed by atoms with E-state index < -0.39 is 11.0 Å². The first-order valence-electron chi connectivity index (χ1n) is 9.18. The maximum Gasteiger partial charge on any atom is 0.239 e. The van der Waals surface area contributed by atoms with Gasteiger partial charge in [-0.25, -0.2) is 0 Å². The summed E-state index contributed by atoms with van der Waals surface area (Å²) in [6.07, 6.45) is 5.13. The van der Waals surface area contributed by atoms with Gasteiger partial charge in [-0.1, -0.05) is 26.7 Å². The van der Waals surface area contributed by atoms with E-state index >= 15 is 0 Å². The number of hydrogen-bond acceptors (Lipinski definition) is 4. The van der Waals surface area contributed by atoms with Crippen molar-refractivity contribution in [3.63, 3.8) is 0 Å². The van der Waals surface area contributed by atoms with Gasteiger partial charge in [0.25, 0.3) is 0 Å². The maximum absolute atomic E-state index is 12.2. The predicted molar refractivity (Wildman–Crippen MR) is 91.4 cm³/mol. The zero-order chi connectivity index (χ0) is 17.8. The number of nitrogens with one attached hydrogen (secondary N) is 1. The van der Waals surface area contributed by atoms with E-state index in [1.165, 1.54) is 0 Å². The Labute approximate surface area is 144 Å². The zero-order valence-electron chi connectivity index (χ0n) is 15.3. The van der Waals surface area contributed by atoms with Crippen LogP contribution in [0.2, 0.25) is 0 Å². The number of aliphatic hydroxyl groups is 1. The molecule has 6 nitrogen and oxygen atoms in total. The van der Waals surface area contributed by atoms with Crippen LogP contribution in [0.4, 0.5) is 0 Å². The van der Waals surface area contributed by atoms with E-state index in [9.17, 15) is 14.7 Å². The highest BCUT2D eigenvalue weighted by molar-refractivity contribution is 5.84. The van der Waals surface area contributed by atoms with Crippen molar-refractivity contribution < 1.29 is 19.4 Å². The monoisotopic (exact) mass is 340 g/mol. The summed E-state index contributed by atoms with van der Waals surface area (Å²) < 4.78 is 5.63. The second-order valence-corrected chi connectivity index (χ2v) is 7.66. The molecule has 0 aromatic heterocycles. The molecule has 1 aliphatic carbocycles. The summed E-state index contributed by atoms with van der Waals surface area (Å²) in [5.74, 6) is -0.142. The van der Waals surface area contributed by atoms with E-state index in [2.05, 4.69) is 5.32 Å². The molecule has 0 spiro atoms. The molecule has 2 N–H and O–H groups in total. The van der Waals surface area contributed by atoms with Crippen LogP contribution in [-0.4, -0.2) is 59.8 Å². The fourth-order valence-corrected chi connectivity index (χ4v) is 3.62. The van der Waals surface area contributed by atoms with Crippen LogP contribution < -0.4 is 5.32 Å². The van der Waals surface area contributed by atoms with Crippen LogP contribution in [0.15, 0.2) is 0 Å². The highest BCUT2D eigenvalue weighted by Gasteiger charge is 2.59. The first-order valence-corrected chi connectivity index (χ1v) is 9.18. The van der Waals surface area contributed by atoms with Gasteiger partial charge in [0.15, 0.2) is 0 Å². The van der Waals surface area contributed by atoms with Gasteiger partial charge in [0, 0.05) is 38.0 Å². The first-order chi connectivity index (χ1) is 11.3. The second-order valence-electron chi connectivity index (χ2n) is 7.66. The van der Waals surface area contributed by atoms with Crippen LogP contribution in [0.1, 0.15) is 59.3 Å². The Morgan fingerprint density at radius 1 is 1.33 bits per heavy atom. The molecule has 1 saturated carbocycles. The van der Waals surface area contributed by atoms with Crippen molar-refractivity contribution >= 4 is 11.8 Å². The summed E-state index contributed by atoms with van der Waals surface area (Å²) >= 11 is 0. The SMILES string of the molecule is CCO[C@H]1C[C@](O)(CNC(=O)CN2CCCCCCC2=O)C1(C)C. The molecular formula is C18H32N2O4. The average Bonchev–Trinajstić information content (AvgIpc) is 2.52. The number of ether oxygens (including phenoxy) is 1. The lowest BCUT2D eigenvalue weighted by molar-refractivity contribution is -0.238. The lowest BCUT2D eigenvalue weighted by Gasteiger charge is -2.58. The number of carbonyl (C=O) groups excluding carboxylic acids is 2. The van der Waals surface area contributed by atoms with Crippen LogP contribution in [0, 0.1) is 5.41 Å². The molecule has 2 amide bonds. The van der Waals surface area contributed by atoms with E-state index in [4.69, 9.17) is 4.74 Å². The fraction of sp³-hybridized carbons (Fsp3) is 0.889. The van der Waals surface area contributed by atoms with Crippen molar-refractivity contribution in [2.24, 2.45) is 5.41 Å².